The number of carbonyl (C=O) groups is 2. The first-order valence-electron chi connectivity index (χ1n) is 8.18. The SMILES string of the molecule is CC[S+]=CC(=O)c1ccccc1NC(=O)Cc1ccc(OC)c(OC)c1. The number of hydrogen-bond donors (Lipinski definition) is 1. The summed E-state index contributed by atoms with van der Waals surface area (Å²) >= 11 is 1.44. The second kappa shape index (κ2) is 9.68. The first-order valence-corrected chi connectivity index (χ1v) is 9.22. The van der Waals surface area contributed by atoms with Crippen LogP contribution in [-0.2, 0) is 22.6 Å². The number of nitrogens with one attached hydrogen (secondary N) is 1. The summed E-state index contributed by atoms with van der Waals surface area (Å²) in [6.07, 6.45) is 0.163. The van der Waals surface area contributed by atoms with E-state index in [4.69, 9.17) is 9.47 Å². The smallest absolute Gasteiger partial charge is 0.244 e. The van der Waals surface area contributed by atoms with Crippen LogP contribution in [0.25, 0.3) is 0 Å². The van der Waals surface area contributed by atoms with Crippen molar-refractivity contribution in [1.29, 1.82) is 0 Å². The highest BCUT2D eigenvalue weighted by Crippen LogP contribution is 2.27. The zero-order valence-corrected chi connectivity index (χ0v) is 15.9. The Morgan fingerprint density at radius 2 is 1.81 bits per heavy atom. The van der Waals surface area contributed by atoms with Gasteiger partial charge in [-0.3, -0.25) is 9.59 Å². The Labute approximate surface area is 157 Å². The summed E-state index contributed by atoms with van der Waals surface area (Å²) < 4.78 is 10.5. The van der Waals surface area contributed by atoms with E-state index in [0.717, 1.165) is 11.3 Å². The average molecular weight is 372 g/mol. The molecule has 0 aliphatic rings. The van der Waals surface area contributed by atoms with Gasteiger partial charge in [0, 0.05) is 0 Å². The van der Waals surface area contributed by atoms with Crippen LogP contribution in [0.3, 0.4) is 0 Å². The highest BCUT2D eigenvalue weighted by Gasteiger charge is 2.15. The normalized spacial score (nSPS) is 10.6. The summed E-state index contributed by atoms with van der Waals surface area (Å²) in [6.45, 7) is 1.98. The summed E-state index contributed by atoms with van der Waals surface area (Å²) in [4.78, 5) is 24.7. The fourth-order valence-corrected chi connectivity index (χ4v) is 2.84. The third-order valence-electron chi connectivity index (χ3n) is 3.64. The summed E-state index contributed by atoms with van der Waals surface area (Å²) in [5.41, 5.74) is 1.78. The molecule has 0 saturated carbocycles. The molecule has 6 heteroatoms. The van der Waals surface area contributed by atoms with Gasteiger partial charge in [-0.15, -0.1) is 0 Å². The zero-order chi connectivity index (χ0) is 18.9. The van der Waals surface area contributed by atoms with Gasteiger partial charge in [0.1, 0.15) is 0 Å². The number of anilines is 1. The second-order valence-corrected chi connectivity index (χ2v) is 6.54. The fourth-order valence-electron chi connectivity index (χ4n) is 2.40. The lowest BCUT2D eigenvalue weighted by Crippen LogP contribution is -2.17. The largest absolute Gasteiger partial charge is 0.493 e. The average Bonchev–Trinajstić information content (AvgIpc) is 2.66. The topological polar surface area (TPSA) is 64.6 Å². The summed E-state index contributed by atoms with van der Waals surface area (Å²) in [6, 6.07) is 12.3. The molecule has 0 aliphatic heterocycles. The van der Waals surface area contributed by atoms with Gasteiger partial charge in [0.2, 0.25) is 17.1 Å². The number of para-hydroxylation sites is 1. The van der Waals surface area contributed by atoms with Crippen LogP contribution in [0.15, 0.2) is 42.5 Å². The van der Waals surface area contributed by atoms with Crippen LogP contribution in [0.2, 0.25) is 0 Å². The third-order valence-corrected chi connectivity index (χ3v) is 4.35. The number of Topliss-reactive ketones (excluding diaryl/α,β-unsaturated/α-hetero) is 1. The van der Waals surface area contributed by atoms with E-state index in [9.17, 15) is 9.59 Å². The molecule has 2 aromatic rings. The van der Waals surface area contributed by atoms with Crippen molar-refractivity contribution >= 4 is 34.1 Å². The lowest BCUT2D eigenvalue weighted by atomic mass is 10.1. The Morgan fingerprint density at radius 1 is 1.08 bits per heavy atom. The Balaban J connectivity index is 2.13. The minimum absolute atomic E-state index is 0.112. The Morgan fingerprint density at radius 3 is 2.50 bits per heavy atom. The molecule has 0 radical (unpaired) electrons. The van der Waals surface area contributed by atoms with Gasteiger partial charge < -0.3 is 14.8 Å². The van der Waals surface area contributed by atoms with Gasteiger partial charge in [-0.25, -0.2) is 0 Å². The van der Waals surface area contributed by atoms with Gasteiger partial charge >= 0.3 is 0 Å². The summed E-state index contributed by atoms with van der Waals surface area (Å²) in [5.74, 6) is 1.68. The minimum atomic E-state index is -0.208. The molecule has 0 spiro atoms. The molecule has 0 aliphatic carbocycles. The third kappa shape index (κ3) is 5.13. The van der Waals surface area contributed by atoms with Crippen LogP contribution in [0.1, 0.15) is 22.8 Å². The van der Waals surface area contributed by atoms with E-state index in [1.165, 1.54) is 11.4 Å². The maximum atomic E-state index is 12.4. The fraction of sp³-hybridized carbons (Fsp3) is 0.250. The predicted octanol–water partition coefficient (Wildman–Crippen LogP) is 2.97. The number of benzene rings is 2. The molecule has 0 unspecified atom stereocenters. The van der Waals surface area contributed by atoms with Crippen LogP contribution in [-0.4, -0.2) is 37.0 Å². The molecule has 0 atom stereocenters. The Bertz CT molecular complexity index is 817. The first-order chi connectivity index (χ1) is 12.6. The molecule has 5 nitrogen and oxygen atoms in total. The minimum Gasteiger partial charge on any atom is -0.493 e. The monoisotopic (exact) mass is 372 g/mol. The van der Waals surface area contributed by atoms with Crippen molar-refractivity contribution < 1.29 is 19.1 Å². The lowest BCUT2D eigenvalue weighted by molar-refractivity contribution is -0.115. The van der Waals surface area contributed by atoms with E-state index in [1.54, 1.807) is 56.0 Å². The lowest BCUT2D eigenvalue weighted by Gasteiger charge is -2.11. The molecule has 1 N–H and O–H groups in total. The molecular weight excluding hydrogens is 350 g/mol. The van der Waals surface area contributed by atoms with Crippen molar-refractivity contribution in [3.8, 4) is 11.5 Å². The predicted molar refractivity (Wildman–Crippen MR) is 107 cm³/mol. The highest BCUT2D eigenvalue weighted by atomic mass is 32.1. The molecule has 136 valence electrons. The number of carbonyl (C=O) groups excluding carboxylic acids is 2. The van der Waals surface area contributed by atoms with Gasteiger partial charge in [0.15, 0.2) is 28.6 Å². The maximum Gasteiger partial charge on any atom is 0.244 e. The molecule has 2 aromatic carbocycles. The number of rotatable bonds is 8. The van der Waals surface area contributed by atoms with Gasteiger partial charge in [0.05, 0.1) is 31.9 Å². The summed E-state index contributed by atoms with van der Waals surface area (Å²) in [7, 11) is 3.11. The maximum absolute atomic E-state index is 12.4. The first kappa shape index (κ1) is 19.6. The second-order valence-electron chi connectivity index (χ2n) is 5.40. The molecule has 2 rings (SSSR count). The van der Waals surface area contributed by atoms with E-state index in [-0.39, 0.29) is 18.1 Å². The van der Waals surface area contributed by atoms with Crippen molar-refractivity contribution in [3.05, 3.63) is 53.6 Å². The molecule has 26 heavy (non-hydrogen) atoms. The molecule has 0 fully saturated rings. The van der Waals surface area contributed by atoms with Gasteiger partial charge in [-0.1, -0.05) is 18.2 Å². The molecule has 0 heterocycles. The van der Waals surface area contributed by atoms with Crippen LogP contribution < -0.4 is 14.8 Å². The van der Waals surface area contributed by atoms with E-state index in [0.29, 0.717) is 22.7 Å². The van der Waals surface area contributed by atoms with Crippen molar-refractivity contribution in [1.82, 2.24) is 0 Å². The molecular formula is C20H22NO4S+. The van der Waals surface area contributed by atoms with E-state index in [1.807, 2.05) is 13.0 Å². The van der Waals surface area contributed by atoms with Crippen molar-refractivity contribution in [2.45, 2.75) is 13.3 Å². The number of amides is 1. The van der Waals surface area contributed by atoms with Crippen molar-refractivity contribution in [3.63, 3.8) is 0 Å². The number of ketones is 1. The van der Waals surface area contributed by atoms with Gasteiger partial charge in [-0.05, 0) is 36.8 Å². The number of methoxy groups -OCH3 is 2. The van der Waals surface area contributed by atoms with Crippen LogP contribution in [0.5, 0.6) is 11.5 Å². The van der Waals surface area contributed by atoms with Crippen LogP contribution in [0, 0.1) is 0 Å². The van der Waals surface area contributed by atoms with E-state index >= 15 is 0 Å². The zero-order valence-electron chi connectivity index (χ0n) is 15.1. The van der Waals surface area contributed by atoms with Gasteiger partial charge in [0.25, 0.3) is 0 Å². The Hall–Kier alpha value is -2.73. The number of hydrogen-bond acceptors (Lipinski definition) is 4. The molecule has 1 amide bonds. The molecule has 0 saturated heterocycles. The molecule has 0 bridgehead atoms. The van der Waals surface area contributed by atoms with Crippen molar-refractivity contribution in [2.75, 3.05) is 25.3 Å². The summed E-state index contributed by atoms with van der Waals surface area (Å²) in [5, 5.41) is 4.39. The van der Waals surface area contributed by atoms with Crippen LogP contribution in [0.4, 0.5) is 5.69 Å². The Kier molecular flexibility index (Phi) is 7.29. The van der Waals surface area contributed by atoms with Crippen LogP contribution >= 0.6 is 0 Å². The number of ether oxygens (including phenoxy) is 2. The quantitative estimate of drug-likeness (QED) is 0.440. The standard InChI is InChI=1S/C20H21NO4S/c1-4-26-13-17(22)15-7-5-6-8-16(15)21-20(23)12-14-9-10-18(24-2)19(11-14)25-3/h5-11,13H,4,12H2,1-3H3/p+1. The molecule has 0 aromatic heterocycles. The van der Waals surface area contributed by atoms with E-state index in [2.05, 4.69) is 5.32 Å². The van der Waals surface area contributed by atoms with Crippen molar-refractivity contribution in [2.24, 2.45) is 0 Å². The van der Waals surface area contributed by atoms with E-state index < -0.39 is 0 Å². The van der Waals surface area contributed by atoms with Gasteiger partial charge in [-0.2, -0.15) is 0 Å². The highest BCUT2D eigenvalue weighted by molar-refractivity contribution is 7.78.